The average Bonchev–Trinajstić information content (AvgIpc) is 3.40. The second kappa shape index (κ2) is 12.0. The first-order valence-electron chi connectivity index (χ1n) is 13.1. The highest BCUT2D eigenvalue weighted by Gasteiger charge is 2.41. The lowest BCUT2D eigenvalue weighted by atomic mass is 9.82. The van der Waals surface area contributed by atoms with Gasteiger partial charge in [0.05, 0.1) is 18.0 Å². The molecule has 4 aromatic rings. The van der Waals surface area contributed by atoms with Crippen LogP contribution in [0.2, 0.25) is 0 Å². The highest BCUT2D eigenvalue weighted by atomic mass is 19.4. The lowest BCUT2D eigenvalue weighted by molar-refractivity contribution is -0.143. The first kappa shape index (κ1) is 28.2. The maximum absolute atomic E-state index is 13.8. The highest BCUT2D eigenvalue weighted by molar-refractivity contribution is 5.68. The van der Waals surface area contributed by atoms with Gasteiger partial charge < -0.3 is 19.3 Å². The normalized spacial score (nSPS) is 17.3. The summed E-state index contributed by atoms with van der Waals surface area (Å²) in [6.07, 6.45) is -1.46. The molecular formula is C30H28F3N3O5. The van der Waals surface area contributed by atoms with Gasteiger partial charge in [-0.2, -0.15) is 18.3 Å². The van der Waals surface area contributed by atoms with Gasteiger partial charge in [0.2, 0.25) is 0 Å². The number of pyridine rings is 1. The SMILES string of the molecule is CO[C@H]1CC[C@H](c2ccc(COc3ccccc3-c3cccc(-n4ncc(OC(=O)O)c4C(F)(F)F)n3)cc2)CC1. The fourth-order valence-electron chi connectivity index (χ4n) is 5.11. The Balaban J connectivity index is 1.34. The van der Waals surface area contributed by atoms with Gasteiger partial charge in [0.1, 0.15) is 12.4 Å². The Hall–Kier alpha value is -4.38. The van der Waals surface area contributed by atoms with Gasteiger partial charge in [0.15, 0.2) is 17.3 Å². The molecule has 0 amide bonds. The van der Waals surface area contributed by atoms with E-state index in [1.54, 1.807) is 37.4 Å². The zero-order valence-electron chi connectivity index (χ0n) is 22.2. The Bertz CT molecular complexity index is 1500. The molecular weight excluding hydrogens is 539 g/mol. The van der Waals surface area contributed by atoms with Crippen LogP contribution in [0.1, 0.15) is 48.4 Å². The van der Waals surface area contributed by atoms with E-state index in [-0.39, 0.29) is 5.82 Å². The van der Waals surface area contributed by atoms with Crippen LogP contribution in [-0.4, -0.2) is 39.2 Å². The first-order valence-corrected chi connectivity index (χ1v) is 13.1. The van der Waals surface area contributed by atoms with Crippen LogP contribution in [0.25, 0.3) is 17.1 Å². The quantitative estimate of drug-likeness (QED) is 0.224. The third-order valence-electron chi connectivity index (χ3n) is 7.17. The smallest absolute Gasteiger partial charge is 0.488 e. The summed E-state index contributed by atoms with van der Waals surface area (Å²) in [6.45, 7) is 0.292. The second-order valence-corrected chi connectivity index (χ2v) is 9.75. The van der Waals surface area contributed by atoms with E-state index in [0.717, 1.165) is 31.2 Å². The molecule has 8 nitrogen and oxygen atoms in total. The molecule has 0 bridgehead atoms. The molecule has 0 radical (unpaired) electrons. The van der Waals surface area contributed by atoms with Crippen LogP contribution >= 0.6 is 0 Å². The van der Waals surface area contributed by atoms with Crippen molar-refractivity contribution in [3.8, 4) is 28.6 Å². The summed E-state index contributed by atoms with van der Waals surface area (Å²) in [5.74, 6) is -0.0741. The number of nitrogens with zero attached hydrogens (tertiary/aromatic N) is 3. The number of carbonyl (C=O) groups is 1. The van der Waals surface area contributed by atoms with E-state index in [9.17, 15) is 18.0 Å². The lowest BCUT2D eigenvalue weighted by Crippen LogP contribution is -2.19. The predicted molar refractivity (Wildman–Crippen MR) is 143 cm³/mol. The molecule has 1 fully saturated rings. The number of para-hydroxylation sites is 1. The van der Waals surface area contributed by atoms with Crippen molar-refractivity contribution in [3.05, 3.63) is 89.7 Å². The number of rotatable bonds is 8. The average molecular weight is 568 g/mol. The molecule has 1 N–H and O–H groups in total. The number of benzene rings is 2. The van der Waals surface area contributed by atoms with Crippen LogP contribution in [-0.2, 0) is 17.5 Å². The summed E-state index contributed by atoms with van der Waals surface area (Å²) in [7, 11) is 1.77. The molecule has 41 heavy (non-hydrogen) atoms. The van der Waals surface area contributed by atoms with Crippen LogP contribution in [0, 0.1) is 0 Å². The van der Waals surface area contributed by atoms with Crippen molar-refractivity contribution in [2.75, 3.05) is 7.11 Å². The predicted octanol–water partition coefficient (Wildman–Crippen LogP) is 7.26. The van der Waals surface area contributed by atoms with E-state index >= 15 is 0 Å². The maximum atomic E-state index is 13.8. The number of aromatic nitrogens is 3. The van der Waals surface area contributed by atoms with Crippen molar-refractivity contribution < 1.29 is 37.3 Å². The van der Waals surface area contributed by atoms with Gasteiger partial charge in [0, 0.05) is 12.7 Å². The van der Waals surface area contributed by atoms with Crippen molar-refractivity contribution in [1.29, 1.82) is 0 Å². The molecule has 2 heterocycles. The minimum atomic E-state index is -4.95. The first-order chi connectivity index (χ1) is 19.7. The van der Waals surface area contributed by atoms with Gasteiger partial charge in [-0.1, -0.05) is 42.5 Å². The van der Waals surface area contributed by atoms with Crippen LogP contribution < -0.4 is 9.47 Å². The third-order valence-corrected chi connectivity index (χ3v) is 7.17. The Morgan fingerprint density at radius 2 is 1.71 bits per heavy atom. The molecule has 5 rings (SSSR count). The zero-order valence-corrected chi connectivity index (χ0v) is 22.2. The molecule has 0 saturated heterocycles. The summed E-state index contributed by atoms with van der Waals surface area (Å²) in [5, 5.41) is 12.5. The Morgan fingerprint density at radius 3 is 2.39 bits per heavy atom. The lowest BCUT2D eigenvalue weighted by Gasteiger charge is -2.27. The molecule has 1 saturated carbocycles. The summed E-state index contributed by atoms with van der Waals surface area (Å²) < 4.78 is 57.8. The maximum Gasteiger partial charge on any atom is 0.511 e. The molecule has 214 valence electrons. The van der Waals surface area contributed by atoms with Crippen molar-refractivity contribution in [2.45, 2.75) is 50.5 Å². The fraction of sp³-hybridized carbons (Fsp3) is 0.300. The number of ether oxygens (including phenoxy) is 3. The number of methoxy groups -OCH3 is 1. The third kappa shape index (κ3) is 6.51. The number of halogens is 3. The standard InChI is InChI=1S/C30H28F3N3O5/c1-39-22-15-13-21(14-16-22)20-11-9-19(10-12-20)18-40-25-7-3-2-5-23(25)24-6-4-8-27(35-24)36-28(30(31,32)33)26(17-34-36)41-29(37)38/h2-12,17,21-22H,13-16,18H2,1H3,(H,37,38)/t21-,22-. The van der Waals surface area contributed by atoms with Gasteiger partial charge in [-0.25, -0.2) is 14.5 Å². The van der Waals surface area contributed by atoms with Crippen molar-refractivity contribution >= 4 is 6.16 Å². The molecule has 2 aromatic carbocycles. The van der Waals surface area contributed by atoms with Crippen LogP contribution in [0.4, 0.5) is 18.0 Å². The van der Waals surface area contributed by atoms with Crippen LogP contribution in [0.5, 0.6) is 11.5 Å². The number of hydrogen-bond donors (Lipinski definition) is 1. The minimum Gasteiger partial charge on any atom is -0.488 e. The summed E-state index contributed by atoms with van der Waals surface area (Å²) in [4.78, 5) is 15.3. The van der Waals surface area contributed by atoms with Gasteiger partial charge in [0.25, 0.3) is 0 Å². The molecule has 0 unspecified atom stereocenters. The molecule has 0 aliphatic heterocycles. The van der Waals surface area contributed by atoms with E-state index < -0.39 is 23.8 Å². The van der Waals surface area contributed by atoms with Gasteiger partial charge >= 0.3 is 12.3 Å². The monoisotopic (exact) mass is 567 g/mol. The van der Waals surface area contributed by atoms with E-state index in [4.69, 9.17) is 14.6 Å². The van der Waals surface area contributed by atoms with Gasteiger partial charge in [-0.3, -0.25) is 0 Å². The van der Waals surface area contributed by atoms with E-state index in [1.165, 1.54) is 17.7 Å². The number of alkyl halides is 3. The van der Waals surface area contributed by atoms with Crippen LogP contribution in [0.3, 0.4) is 0 Å². The Kier molecular flexibility index (Phi) is 8.25. The topological polar surface area (TPSA) is 95.7 Å². The van der Waals surface area contributed by atoms with Gasteiger partial charge in [-0.05, 0) is 67.0 Å². The summed E-state index contributed by atoms with van der Waals surface area (Å²) in [6, 6.07) is 20.0. The van der Waals surface area contributed by atoms with Crippen molar-refractivity contribution in [1.82, 2.24) is 14.8 Å². The minimum absolute atomic E-state index is 0.167. The summed E-state index contributed by atoms with van der Waals surface area (Å²) in [5.41, 5.74) is 1.82. The van der Waals surface area contributed by atoms with Crippen molar-refractivity contribution in [3.63, 3.8) is 0 Å². The van der Waals surface area contributed by atoms with Crippen molar-refractivity contribution in [2.24, 2.45) is 0 Å². The van der Waals surface area contributed by atoms with Gasteiger partial charge in [-0.15, -0.1) is 0 Å². The Morgan fingerprint density at radius 1 is 0.976 bits per heavy atom. The second-order valence-electron chi connectivity index (χ2n) is 9.75. The molecule has 11 heteroatoms. The van der Waals surface area contributed by atoms with Crippen LogP contribution in [0.15, 0.2) is 72.9 Å². The van der Waals surface area contributed by atoms with E-state index in [2.05, 4.69) is 27.0 Å². The summed E-state index contributed by atoms with van der Waals surface area (Å²) >= 11 is 0. The Labute approximate surface area is 234 Å². The molecule has 0 atom stereocenters. The zero-order chi connectivity index (χ0) is 29.0. The largest absolute Gasteiger partial charge is 0.511 e. The number of hydrogen-bond acceptors (Lipinski definition) is 6. The fourth-order valence-corrected chi connectivity index (χ4v) is 5.11. The molecule has 1 aliphatic carbocycles. The van der Waals surface area contributed by atoms with E-state index in [0.29, 0.717) is 46.5 Å². The molecule has 2 aromatic heterocycles. The highest BCUT2D eigenvalue weighted by Crippen LogP contribution is 2.38. The molecule has 0 spiro atoms. The van der Waals surface area contributed by atoms with E-state index in [1.807, 2.05) is 12.1 Å². The number of carboxylic acid groups (broad SMARTS) is 1. The molecule has 1 aliphatic rings.